The predicted molar refractivity (Wildman–Crippen MR) is 104 cm³/mol. The van der Waals surface area contributed by atoms with Gasteiger partial charge in [0, 0.05) is 38.6 Å². The summed E-state index contributed by atoms with van der Waals surface area (Å²) in [6.45, 7) is 5.31. The molecule has 2 aromatic heterocycles. The highest BCUT2D eigenvalue weighted by Gasteiger charge is 2.09. The van der Waals surface area contributed by atoms with Crippen LogP contribution in [0, 0.1) is 6.92 Å². The highest BCUT2D eigenvalue weighted by Crippen LogP contribution is 2.11. The third-order valence-electron chi connectivity index (χ3n) is 3.73. The van der Waals surface area contributed by atoms with Gasteiger partial charge in [0.25, 0.3) is 0 Å². The molecule has 0 spiro atoms. The van der Waals surface area contributed by atoms with Crippen LogP contribution in [0.2, 0.25) is 0 Å². The number of hydrogen-bond donors (Lipinski definition) is 1. The number of fused-ring (bicyclic) bond motifs is 1. The van der Waals surface area contributed by atoms with Gasteiger partial charge in [0.2, 0.25) is 0 Å². The number of halogens is 2. The van der Waals surface area contributed by atoms with E-state index in [0.717, 1.165) is 31.0 Å². The first-order chi connectivity index (χ1) is 10.7. The molecule has 0 radical (unpaired) electrons. The average molecular weight is 367 g/mol. The molecule has 2 N–H and O–H groups in total. The van der Waals surface area contributed by atoms with Gasteiger partial charge in [0.05, 0.1) is 5.69 Å². The van der Waals surface area contributed by atoms with Crippen LogP contribution < -0.4 is 5.73 Å². The maximum atomic E-state index is 5.76. The van der Waals surface area contributed by atoms with Crippen molar-refractivity contribution >= 4 is 30.5 Å². The van der Waals surface area contributed by atoms with Crippen LogP contribution in [0.15, 0.2) is 54.9 Å². The summed E-state index contributed by atoms with van der Waals surface area (Å²) < 4.78 is 2.09. The summed E-state index contributed by atoms with van der Waals surface area (Å²) in [5, 5.41) is 0. The van der Waals surface area contributed by atoms with E-state index in [9.17, 15) is 0 Å². The van der Waals surface area contributed by atoms with Gasteiger partial charge in [-0.1, -0.05) is 36.4 Å². The lowest BCUT2D eigenvalue weighted by Crippen LogP contribution is -2.28. The van der Waals surface area contributed by atoms with Crippen molar-refractivity contribution in [2.45, 2.75) is 20.0 Å². The van der Waals surface area contributed by atoms with Crippen LogP contribution in [0.4, 0.5) is 0 Å². The van der Waals surface area contributed by atoms with E-state index in [1.165, 1.54) is 11.1 Å². The van der Waals surface area contributed by atoms with E-state index >= 15 is 0 Å². The number of nitrogens with zero attached hydrogens (tertiary/aromatic N) is 3. The molecule has 0 aliphatic carbocycles. The number of benzene rings is 1. The largest absolute Gasteiger partial charge is 0.329 e. The lowest BCUT2D eigenvalue weighted by atomic mass is 10.2. The summed E-state index contributed by atoms with van der Waals surface area (Å²) in [6.07, 6.45) is 4.22. The third-order valence-corrected chi connectivity index (χ3v) is 3.73. The van der Waals surface area contributed by atoms with Crippen LogP contribution in [0.25, 0.3) is 5.65 Å². The summed E-state index contributed by atoms with van der Waals surface area (Å²) in [6, 6.07) is 14.6. The van der Waals surface area contributed by atoms with E-state index in [4.69, 9.17) is 10.7 Å². The number of aromatic nitrogens is 2. The van der Waals surface area contributed by atoms with Gasteiger partial charge in [-0.2, -0.15) is 0 Å². The number of nitrogens with two attached hydrogens (primary N) is 1. The number of hydrogen-bond acceptors (Lipinski definition) is 3. The lowest BCUT2D eigenvalue weighted by molar-refractivity contribution is 0.261. The van der Waals surface area contributed by atoms with Gasteiger partial charge in [-0.3, -0.25) is 4.90 Å². The third kappa shape index (κ3) is 5.21. The summed E-state index contributed by atoms with van der Waals surface area (Å²) >= 11 is 0. The Morgan fingerprint density at radius 1 is 1.00 bits per heavy atom. The average Bonchev–Trinajstić information content (AvgIpc) is 2.90. The van der Waals surface area contributed by atoms with Crippen molar-refractivity contribution < 1.29 is 0 Å². The highest BCUT2D eigenvalue weighted by atomic mass is 35.5. The molecule has 4 nitrogen and oxygen atoms in total. The number of pyridine rings is 1. The molecule has 130 valence electrons. The van der Waals surface area contributed by atoms with Crippen LogP contribution in [-0.2, 0) is 13.1 Å². The first-order valence-electron chi connectivity index (χ1n) is 7.65. The minimum absolute atomic E-state index is 0. The van der Waals surface area contributed by atoms with Crippen LogP contribution in [0.1, 0.15) is 16.8 Å². The molecule has 0 fully saturated rings. The van der Waals surface area contributed by atoms with E-state index in [1.807, 2.05) is 6.07 Å². The van der Waals surface area contributed by atoms with Crippen molar-refractivity contribution in [3.8, 4) is 0 Å². The number of rotatable bonds is 6. The van der Waals surface area contributed by atoms with Crippen LogP contribution in [0.3, 0.4) is 0 Å². The van der Waals surface area contributed by atoms with Crippen molar-refractivity contribution in [2.75, 3.05) is 13.1 Å². The zero-order valence-electron chi connectivity index (χ0n) is 13.8. The van der Waals surface area contributed by atoms with Crippen molar-refractivity contribution in [1.29, 1.82) is 0 Å². The summed E-state index contributed by atoms with van der Waals surface area (Å²) in [7, 11) is 0. The quantitative estimate of drug-likeness (QED) is 0.726. The monoisotopic (exact) mass is 366 g/mol. The number of imidazole rings is 1. The van der Waals surface area contributed by atoms with Crippen molar-refractivity contribution in [1.82, 2.24) is 14.3 Å². The zero-order chi connectivity index (χ0) is 15.4. The van der Waals surface area contributed by atoms with Crippen LogP contribution in [-0.4, -0.2) is 27.4 Å². The molecular weight excluding hydrogens is 343 g/mol. The van der Waals surface area contributed by atoms with Crippen LogP contribution in [0.5, 0.6) is 0 Å². The normalized spacial score (nSPS) is 10.5. The minimum Gasteiger partial charge on any atom is -0.329 e. The first-order valence-corrected chi connectivity index (χ1v) is 7.65. The minimum atomic E-state index is 0. The second-order valence-electron chi connectivity index (χ2n) is 5.69. The van der Waals surface area contributed by atoms with Crippen molar-refractivity contribution in [3.05, 3.63) is 71.7 Å². The van der Waals surface area contributed by atoms with E-state index in [2.05, 4.69) is 65.0 Å². The van der Waals surface area contributed by atoms with Gasteiger partial charge in [-0.25, -0.2) is 4.98 Å². The van der Waals surface area contributed by atoms with Gasteiger partial charge < -0.3 is 10.1 Å². The fraction of sp³-hybridized carbons (Fsp3) is 0.278. The van der Waals surface area contributed by atoms with E-state index < -0.39 is 0 Å². The molecule has 1 aromatic carbocycles. The molecule has 0 amide bonds. The Balaban J connectivity index is 0.00000144. The first kappa shape index (κ1) is 20.5. The fourth-order valence-corrected chi connectivity index (χ4v) is 2.70. The Morgan fingerprint density at radius 3 is 2.46 bits per heavy atom. The second kappa shape index (κ2) is 9.64. The molecule has 0 aliphatic heterocycles. The molecule has 0 bridgehead atoms. The van der Waals surface area contributed by atoms with E-state index in [1.54, 1.807) is 0 Å². The molecule has 3 rings (SSSR count). The molecule has 0 atom stereocenters. The summed E-state index contributed by atoms with van der Waals surface area (Å²) in [4.78, 5) is 7.04. The molecular formula is C18H24Cl2N4. The smallest absolute Gasteiger partial charge is 0.137 e. The van der Waals surface area contributed by atoms with Crippen LogP contribution >= 0.6 is 24.8 Å². The van der Waals surface area contributed by atoms with E-state index in [0.29, 0.717) is 6.54 Å². The highest BCUT2D eigenvalue weighted by molar-refractivity contribution is 5.85. The topological polar surface area (TPSA) is 46.6 Å². The Bertz CT molecular complexity index is 743. The Kier molecular flexibility index (Phi) is 8.22. The van der Waals surface area contributed by atoms with Gasteiger partial charge in [-0.15, -0.1) is 24.8 Å². The molecule has 24 heavy (non-hydrogen) atoms. The predicted octanol–water partition coefficient (Wildman–Crippen LogP) is 3.45. The number of aryl methyl sites for hydroxylation is 1. The van der Waals surface area contributed by atoms with E-state index in [-0.39, 0.29) is 24.8 Å². The summed E-state index contributed by atoms with van der Waals surface area (Å²) in [5.74, 6) is 0. The van der Waals surface area contributed by atoms with Gasteiger partial charge in [-0.05, 0) is 24.1 Å². The van der Waals surface area contributed by atoms with Crippen molar-refractivity contribution in [3.63, 3.8) is 0 Å². The summed E-state index contributed by atoms with van der Waals surface area (Å²) in [5.41, 5.74) is 10.4. The Labute approximate surface area is 155 Å². The Hall–Kier alpha value is -1.59. The molecule has 3 aromatic rings. The molecule has 6 heteroatoms. The maximum absolute atomic E-state index is 5.76. The standard InChI is InChI=1S/C18H22N4.2ClH/c1-15-7-8-18-20-17(14-22(18)11-15)13-21(10-9-19)12-16-5-3-2-4-6-16;;/h2-8,11,14H,9-10,12-13,19H2,1H3;2*1H. The molecule has 0 saturated carbocycles. The van der Waals surface area contributed by atoms with Gasteiger partial charge >= 0.3 is 0 Å². The molecule has 0 aliphatic rings. The second-order valence-corrected chi connectivity index (χ2v) is 5.69. The Morgan fingerprint density at radius 2 is 1.75 bits per heavy atom. The molecule has 2 heterocycles. The van der Waals surface area contributed by atoms with Gasteiger partial charge in [0.15, 0.2) is 0 Å². The lowest BCUT2D eigenvalue weighted by Gasteiger charge is -2.20. The SMILES string of the molecule is Cc1ccc2nc(CN(CCN)Cc3ccccc3)cn2c1.Cl.Cl. The fourth-order valence-electron chi connectivity index (χ4n) is 2.70. The molecule has 0 saturated heterocycles. The van der Waals surface area contributed by atoms with Gasteiger partial charge in [0.1, 0.15) is 5.65 Å². The maximum Gasteiger partial charge on any atom is 0.137 e. The zero-order valence-corrected chi connectivity index (χ0v) is 15.4. The molecule has 0 unspecified atom stereocenters. The van der Waals surface area contributed by atoms with Crippen molar-refractivity contribution in [2.24, 2.45) is 5.73 Å².